The first-order valence-corrected chi connectivity index (χ1v) is 8.57. The topological polar surface area (TPSA) is 75.8 Å². The highest BCUT2D eigenvalue weighted by Gasteiger charge is 2.10. The number of fused-ring (bicyclic) bond motifs is 1. The van der Waals surface area contributed by atoms with Gasteiger partial charge in [0.25, 0.3) is 0 Å². The van der Waals surface area contributed by atoms with Gasteiger partial charge < -0.3 is 14.3 Å². The Hall–Kier alpha value is -2.67. The summed E-state index contributed by atoms with van der Waals surface area (Å²) in [5.74, 6) is 1.54. The number of para-hydroxylation sites is 1. The van der Waals surface area contributed by atoms with E-state index in [1.165, 1.54) is 0 Å². The minimum Gasteiger partial charge on any atom is -0.460 e. The Bertz CT molecular complexity index is 981. The van der Waals surface area contributed by atoms with Crippen molar-refractivity contribution in [3.63, 3.8) is 0 Å². The molecule has 130 valence electrons. The fourth-order valence-electron chi connectivity index (χ4n) is 2.68. The third kappa shape index (κ3) is 3.71. The molecule has 3 rings (SSSR count). The van der Waals surface area contributed by atoms with Crippen LogP contribution >= 0.6 is 12.2 Å². The van der Waals surface area contributed by atoms with E-state index in [1.807, 2.05) is 44.3 Å². The highest BCUT2D eigenvalue weighted by atomic mass is 32.1. The summed E-state index contributed by atoms with van der Waals surface area (Å²) in [5, 5.41) is 10.7. The lowest BCUT2D eigenvalue weighted by atomic mass is 10.1. The van der Waals surface area contributed by atoms with Gasteiger partial charge >= 0.3 is 0 Å². The van der Waals surface area contributed by atoms with Gasteiger partial charge in [-0.1, -0.05) is 25.1 Å². The van der Waals surface area contributed by atoms with Crippen molar-refractivity contribution in [2.45, 2.75) is 19.8 Å². The number of furan rings is 1. The zero-order valence-electron chi connectivity index (χ0n) is 14.2. The van der Waals surface area contributed by atoms with Crippen molar-refractivity contribution in [3.8, 4) is 0 Å². The van der Waals surface area contributed by atoms with Crippen LogP contribution < -0.4 is 5.32 Å². The standard InChI is InChI=1S/C18H20N4O2S/c1-3-14-13(12-6-4-5-7-15(12)24-14)8-9-17(23)19-11-10-16-20-21-18(25)22(16)2/h4-9H,3,10-11H2,1-2H3,(H,19,23)(H,21,25). The summed E-state index contributed by atoms with van der Waals surface area (Å²) in [6.07, 6.45) is 4.74. The molecule has 7 heteroatoms. The molecule has 0 aliphatic rings. The summed E-state index contributed by atoms with van der Waals surface area (Å²) in [6, 6.07) is 7.84. The summed E-state index contributed by atoms with van der Waals surface area (Å²) in [4.78, 5) is 12.1. The molecule has 0 bridgehead atoms. The third-order valence-corrected chi connectivity index (χ3v) is 4.42. The number of nitrogens with one attached hydrogen (secondary N) is 2. The lowest BCUT2D eigenvalue weighted by Crippen LogP contribution is -2.24. The van der Waals surface area contributed by atoms with Gasteiger partial charge in [-0.15, -0.1) is 0 Å². The van der Waals surface area contributed by atoms with Gasteiger partial charge in [0.15, 0.2) is 4.77 Å². The van der Waals surface area contributed by atoms with Gasteiger partial charge in [0.05, 0.1) is 0 Å². The van der Waals surface area contributed by atoms with E-state index in [9.17, 15) is 4.79 Å². The number of hydrogen-bond acceptors (Lipinski definition) is 4. The van der Waals surface area contributed by atoms with Crippen molar-refractivity contribution in [1.29, 1.82) is 0 Å². The van der Waals surface area contributed by atoms with Crippen molar-refractivity contribution in [2.24, 2.45) is 7.05 Å². The Labute approximate surface area is 150 Å². The quantitative estimate of drug-likeness (QED) is 0.525. The van der Waals surface area contributed by atoms with Crippen LogP contribution in [0, 0.1) is 4.77 Å². The molecule has 2 heterocycles. The molecule has 1 amide bonds. The lowest BCUT2D eigenvalue weighted by Gasteiger charge is -2.02. The molecule has 0 radical (unpaired) electrons. The van der Waals surface area contributed by atoms with E-state index in [4.69, 9.17) is 16.6 Å². The van der Waals surface area contributed by atoms with E-state index >= 15 is 0 Å². The van der Waals surface area contributed by atoms with Crippen LogP contribution in [-0.4, -0.2) is 27.2 Å². The predicted molar refractivity (Wildman–Crippen MR) is 99.7 cm³/mol. The molecule has 0 aliphatic heterocycles. The number of nitrogens with zero attached hydrogens (tertiary/aromatic N) is 2. The summed E-state index contributed by atoms with van der Waals surface area (Å²) in [5.41, 5.74) is 1.80. The number of benzene rings is 1. The molecular formula is C18H20N4O2S. The minimum absolute atomic E-state index is 0.149. The maximum atomic E-state index is 12.1. The van der Waals surface area contributed by atoms with Crippen LogP contribution in [0.3, 0.4) is 0 Å². The number of carbonyl (C=O) groups excluding carboxylic acids is 1. The highest BCUT2D eigenvalue weighted by molar-refractivity contribution is 7.71. The van der Waals surface area contributed by atoms with Crippen LogP contribution in [0.5, 0.6) is 0 Å². The molecule has 1 aromatic carbocycles. The van der Waals surface area contributed by atoms with Gasteiger partial charge in [0, 0.05) is 43.5 Å². The third-order valence-electron chi connectivity index (χ3n) is 4.05. The van der Waals surface area contributed by atoms with Crippen molar-refractivity contribution >= 4 is 35.2 Å². The normalized spacial score (nSPS) is 11.4. The molecule has 2 aromatic heterocycles. The first-order chi connectivity index (χ1) is 12.1. The summed E-state index contributed by atoms with van der Waals surface area (Å²) >= 11 is 5.06. The molecule has 2 N–H and O–H groups in total. The van der Waals surface area contributed by atoms with Crippen LogP contribution in [0.4, 0.5) is 0 Å². The molecule has 6 nitrogen and oxygen atoms in total. The van der Waals surface area contributed by atoms with E-state index in [2.05, 4.69) is 15.5 Å². The van der Waals surface area contributed by atoms with Crippen LogP contribution in [0.1, 0.15) is 24.1 Å². The monoisotopic (exact) mass is 356 g/mol. The Kier molecular flexibility index (Phi) is 5.14. The molecule has 3 aromatic rings. The fourth-order valence-corrected chi connectivity index (χ4v) is 2.83. The molecule has 0 saturated heterocycles. The number of aryl methyl sites for hydroxylation is 1. The van der Waals surface area contributed by atoms with E-state index in [0.717, 1.165) is 34.5 Å². The first kappa shape index (κ1) is 17.2. The fraction of sp³-hybridized carbons (Fsp3) is 0.278. The van der Waals surface area contributed by atoms with Crippen LogP contribution in [0.25, 0.3) is 17.0 Å². The summed E-state index contributed by atoms with van der Waals surface area (Å²) < 4.78 is 8.19. The molecule has 0 saturated carbocycles. The largest absolute Gasteiger partial charge is 0.460 e. The zero-order valence-corrected chi connectivity index (χ0v) is 15.0. The predicted octanol–water partition coefficient (Wildman–Crippen LogP) is 3.16. The van der Waals surface area contributed by atoms with Gasteiger partial charge in [-0.2, -0.15) is 5.10 Å². The molecular weight excluding hydrogens is 336 g/mol. The summed E-state index contributed by atoms with van der Waals surface area (Å²) in [6.45, 7) is 2.52. The molecule has 0 aliphatic carbocycles. The highest BCUT2D eigenvalue weighted by Crippen LogP contribution is 2.27. The Morgan fingerprint density at radius 2 is 2.24 bits per heavy atom. The SMILES string of the molecule is CCc1oc2ccccc2c1C=CC(=O)NCCc1n[nH]c(=S)n1C. The van der Waals surface area contributed by atoms with Gasteiger partial charge in [-0.25, -0.2) is 0 Å². The molecule has 0 atom stereocenters. The van der Waals surface area contributed by atoms with E-state index in [-0.39, 0.29) is 5.91 Å². The lowest BCUT2D eigenvalue weighted by molar-refractivity contribution is -0.116. The number of amides is 1. The van der Waals surface area contributed by atoms with Gasteiger partial charge in [0.1, 0.15) is 17.2 Å². The second-order valence-corrected chi connectivity index (χ2v) is 6.05. The van der Waals surface area contributed by atoms with Crippen molar-refractivity contribution < 1.29 is 9.21 Å². The number of H-pyrrole nitrogens is 1. The molecule has 0 fully saturated rings. The van der Waals surface area contributed by atoms with E-state index < -0.39 is 0 Å². The number of aromatic amines is 1. The molecule has 0 unspecified atom stereocenters. The number of hydrogen-bond donors (Lipinski definition) is 2. The van der Waals surface area contributed by atoms with Crippen molar-refractivity contribution in [2.75, 3.05) is 6.54 Å². The average Bonchev–Trinajstić information content (AvgIpc) is 3.14. The zero-order chi connectivity index (χ0) is 17.8. The van der Waals surface area contributed by atoms with E-state index in [1.54, 1.807) is 10.6 Å². The van der Waals surface area contributed by atoms with Crippen molar-refractivity contribution in [1.82, 2.24) is 20.1 Å². The number of rotatable bonds is 6. The second kappa shape index (κ2) is 7.48. The maximum Gasteiger partial charge on any atom is 0.244 e. The first-order valence-electron chi connectivity index (χ1n) is 8.16. The minimum atomic E-state index is -0.149. The van der Waals surface area contributed by atoms with Gasteiger partial charge in [-0.05, 0) is 24.4 Å². The van der Waals surface area contributed by atoms with Crippen LogP contribution in [-0.2, 0) is 24.7 Å². The second-order valence-electron chi connectivity index (χ2n) is 5.67. The average molecular weight is 356 g/mol. The maximum absolute atomic E-state index is 12.1. The van der Waals surface area contributed by atoms with Gasteiger partial charge in [0.2, 0.25) is 5.91 Å². The van der Waals surface area contributed by atoms with Gasteiger partial charge in [-0.3, -0.25) is 9.89 Å². The van der Waals surface area contributed by atoms with Crippen LogP contribution in [0.15, 0.2) is 34.8 Å². The molecule has 25 heavy (non-hydrogen) atoms. The Morgan fingerprint density at radius 1 is 1.44 bits per heavy atom. The van der Waals surface area contributed by atoms with Crippen molar-refractivity contribution in [3.05, 3.63) is 52.3 Å². The summed E-state index contributed by atoms with van der Waals surface area (Å²) in [7, 11) is 1.85. The number of carbonyl (C=O) groups is 1. The van der Waals surface area contributed by atoms with E-state index in [0.29, 0.717) is 17.7 Å². The Morgan fingerprint density at radius 3 is 2.96 bits per heavy atom. The molecule has 0 spiro atoms. The Balaban J connectivity index is 1.65. The smallest absolute Gasteiger partial charge is 0.244 e. The van der Waals surface area contributed by atoms with Crippen LogP contribution in [0.2, 0.25) is 0 Å². The number of aromatic nitrogens is 3.